The van der Waals surface area contributed by atoms with Gasteiger partial charge in [-0.25, -0.2) is 4.39 Å². The topological polar surface area (TPSA) is 29.1 Å². The fourth-order valence-electron chi connectivity index (χ4n) is 2.24. The zero-order chi connectivity index (χ0) is 13.1. The van der Waals surface area contributed by atoms with E-state index in [0.717, 1.165) is 19.4 Å². The minimum atomic E-state index is -0.756. The van der Waals surface area contributed by atoms with E-state index in [1.807, 2.05) is 19.1 Å². The van der Waals surface area contributed by atoms with Crippen molar-refractivity contribution in [3.63, 3.8) is 0 Å². The Labute approximate surface area is 110 Å². The summed E-state index contributed by atoms with van der Waals surface area (Å²) in [5.74, 6) is 0.373. The van der Waals surface area contributed by atoms with E-state index < -0.39 is 10.8 Å². The fraction of sp³-hybridized carbons (Fsp3) is 0.571. The van der Waals surface area contributed by atoms with Gasteiger partial charge in [-0.2, -0.15) is 0 Å². The fourth-order valence-corrected chi connectivity index (χ4v) is 2.57. The smallest absolute Gasteiger partial charge is 0.123 e. The highest BCUT2D eigenvalue weighted by Crippen LogP contribution is 2.36. The largest absolute Gasteiger partial charge is 0.313 e. The van der Waals surface area contributed by atoms with Gasteiger partial charge in [0.2, 0.25) is 0 Å². The van der Waals surface area contributed by atoms with E-state index >= 15 is 0 Å². The molecule has 0 saturated heterocycles. The van der Waals surface area contributed by atoms with Gasteiger partial charge in [0, 0.05) is 34.9 Å². The minimum absolute atomic E-state index is 0.174. The van der Waals surface area contributed by atoms with Crippen LogP contribution in [0.2, 0.25) is 0 Å². The Morgan fingerprint density at radius 2 is 2.00 bits per heavy atom. The molecule has 4 heteroatoms. The number of benzene rings is 1. The molecule has 100 valence electrons. The monoisotopic (exact) mass is 269 g/mol. The van der Waals surface area contributed by atoms with Gasteiger partial charge >= 0.3 is 0 Å². The number of hydrogen-bond acceptors (Lipinski definition) is 2. The van der Waals surface area contributed by atoms with Gasteiger partial charge in [-0.1, -0.05) is 12.1 Å². The van der Waals surface area contributed by atoms with E-state index in [4.69, 9.17) is 0 Å². The second-order valence-electron chi connectivity index (χ2n) is 5.13. The van der Waals surface area contributed by atoms with Gasteiger partial charge in [0.25, 0.3) is 0 Å². The van der Waals surface area contributed by atoms with Gasteiger partial charge in [0.05, 0.1) is 0 Å². The third-order valence-corrected chi connectivity index (χ3v) is 5.04. The zero-order valence-corrected chi connectivity index (χ0v) is 11.7. The molecule has 2 atom stereocenters. The molecule has 1 aliphatic rings. The number of hydrogen-bond donors (Lipinski definition) is 1. The molecule has 0 heterocycles. The zero-order valence-electron chi connectivity index (χ0n) is 10.9. The summed E-state index contributed by atoms with van der Waals surface area (Å²) in [7, 11) is -0.756. The molecule has 1 aromatic rings. The summed E-state index contributed by atoms with van der Waals surface area (Å²) in [6.07, 6.45) is 3.93. The van der Waals surface area contributed by atoms with E-state index in [-0.39, 0.29) is 11.1 Å². The average Bonchev–Trinajstić information content (AvgIpc) is 2.28. The Kier molecular flexibility index (Phi) is 4.51. The van der Waals surface area contributed by atoms with Crippen LogP contribution in [0.3, 0.4) is 0 Å². The molecule has 1 fully saturated rings. The lowest BCUT2D eigenvalue weighted by Gasteiger charge is -2.37. The molecule has 0 spiro atoms. The maximum absolute atomic E-state index is 12.8. The van der Waals surface area contributed by atoms with Gasteiger partial charge in [0.1, 0.15) is 5.82 Å². The molecule has 0 amide bonds. The molecule has 1 aromatic carbocycles. The van der Waals surface area contributed by atoms with Crippen LogP contribution >= 0.6 is 0 Å². The van der Waals surface area contributed by atoms with Crippen molar-refractivity contribution < 1.29 is 8.60 Å². The maximum atomic E-state index is 12.8. The lowest BCUT2D eigenvalue weighted by atomic mass is 9.76. The first-order valence-electron chi connectivity index (χ1n) is 6.37. The van der Waals surface area contributed by atoms with Crippen LogP contribution in [0.5, 0.6) is 0 Å². The molecule has 2 nitrogen and oxygen atoms in total. The molecule has 1 aliphatic carbocycles. The molecular weight excluding hydrogens is 249 g/mol. The van der Waals surface area contributed by atoms with Crippen molar-refractivity contribution in [2.45, 2.75) is 37.0 Å². The van der Waals surface area contributed by atoms with Crippen molar-refractivity contribution in [2.24, 2.45) is 0 Å². The van der Waals surface area contributed by atoms with E-state index in [1.165, 1.54) is 17.7 Å². The Bertz CT molecular complexity index is 414. The van der Waals surface area contributed by atoms with Crippen LogP contribution in [0.4, 0.5) is 4.39 Å². The third kappa shape index (κ3) is 3.39. The van der Waals surface area contributed by atoms with Crippen LogP contribution in [0.1, 0.15) is 31.2 Å². The van der Waals surface area contributed by atoms with Gasteiger partial charge < -0.3 is 5.32 Å². The normalized spacial score (nSPS) is 26.4. The van der Waals surface area contributed by atoms with Gasteiger partial charge in [-0.05, 0) is 43.4 Å². The molecule has 0 radical (unpaired) electrons. The van der Waals surface area contributed by atoms with Crippen LogP contribution in [-0.2, 0) is 10.8 Å². The Morgan fingerprint density at radius 1 is 1.39 bits per heavy atom. The van der Waals surface area contributed by atoms with Crippen molar-refractivity contribution in [1.82, 2.24) is 5.32 Å². The van der Waals surface area contributed by atoms with Crippen LogP contribution < -0.4 is 5.32 Å². The summed E-state index contributed by atoms with van der Waals surface area (Å²) >= 11 is 0. The first-order chi connectivity index (χ1) is 8.56. The highest BCUT2D eigenvalue weighted by Gasteiger charge is 2.30. The maximum Gasteiger partial charge on any atom is 0.123 e. The van der Waals surface area contributed by atoms with Gasteiger partial charge in [0.15, 0.2) is 0 Å². The van der Waals surface area contributed by atoms with E-state index in [2.05, 4.69) is 5.32 Å². The van der Waals surface area contributed by atoms with Crippen LogP contribution in [0.25, 0.3) is 0 Å². The second kappa shape index (κ2) is 5.93. The molecule has 2 rings (SSSR count). The van der Waals surface area contributed by atoms with Crippen LogP contribution in [0.15, 0.2) is 24.3 Å². The minimum Gasteiger partial charge on any atom is -0.313 e. The highest BCUT2D eigenvalue weighted by molar-refractivity contribution is 7.84. The van der Waals surface area contributed by atoms with Crippen molar-refractivity contribution in [3.05, 3.63) is 35.6 Å². The summed E-state index contributed by atoms with van der Waals surface area (Å²) in [5, 5.41) is 3.65. The van der Waals surface area contributed by atoms with Crippen LogP contribution in [-0.4, -0.2) is 28.3 Å². The second-order valence-corrected chi connectivity index (χ2v) is 6.94. The lowest BCUT2D eigenvalue weighted by Crippen LogP contribution is -2.43. The standard InChI is InChI=1S/C14H20FNOS/c1-10(18(2)17)9-16-14-7-12(8-14)11-3-5-13(15)6-4-11/h3-6,10,12,14,16H,7-9H2,1-2H3/t10-,12?,14?,18+/m1/s1. The van der Waals surface area contributed by atoms with E-state index in [0.29, 0.717) is 12.0 Å². The Morgan fingerprint density at radius 3 is 2.56 bits per heavy atom. The summed E-state index contributed by atoms with van der Waals surface area (Å²) in [6.45, 7) is 2.81. The van der Waals surface area contributed by atoms with Crippen molar-refractivity contribution >= 4 is 10.8 Å². The summed E-state index contributed by atoms with van der Waals surface area (Å²) in [5.41, 5.74) is 1.22. The Balaban J connectivity index is 1.74. The van der Waals surface area contributed by atoms with Gasteiger partial charge in [-0.15, -0.1) is 0 Å². The summed E-state index contributed by atoms with van der Waals surface area (Å²) < 4.78 is 24.0. The number of rotatable bonds is 5. The molecule has 1 saturated carbocycles. The molecule has 0 aromatic heterocycles. The third-order valence-electron chi connectivity index (χ3n) is 3.74. The summed E-state index contributed by atoms with van der Waals surface area (Å²) in [6, 6.07) is 7.32. The molecule has 1 N–H and O–H groups in total. The predicted molar refractivity (Wildman–Crippen MR) is 73.7 cm³/mol. The molecule has 18 heavy (non-hydrogen) atoms. The van der Waals surface area contributed by atoms with Crippen molar-refractivity contribution in [1.29, 1.82) is 0 Å². The van der Waals surface area contributed by atoms with E-state index in [9.17, 15) is 8.60 Å². The molecule has 0 unspecified atom stereocenters. The summed E-state index contributed by atoms with van der Waals surface area (Å²) in [4.78, 5) is 0. The number of halogens is 1. The van der Waals surface area contributed by atoms with Crippen molar-refractivity contribution in [3.8, 4) is 0 Å². The van der Waals surface area contributed by atoms with Crippen molar-refractivity contribution in [2.75, 3.05) is 12.8 Å². The lowest BCUT2D eigenvalue weighted by molar-refractivity contribution is 0.292. The van der Waals surface area contributed by atoms with Gasteiger partial charge in [-0.3, -0.25) is 4.21 Å². The Hall–Kier alpha value is -0.740. The first kappa shape index (κ1) is 13.7. The predicted octanol–water partition coefficient (Wildman–Crippen LogP) is 2.43. The number of nitrogens with one attached hydrogen (secondary N) is 1. The highest BCUT2D eigenvalue weighted by atomic mass is 32.2. The molecule has 0 aliphatic heterocycles. The SMILES string of the molecule is C[C@H](CNC1CC(c2ccc(F)cc2)C1)[S@](C)=O. The van der Waals surface area contributed by atoms with Crippen LogP contribution in [0, 0.1) is 5.82 Å². The average molecular weight is 269 g/mol. The molecular formula is C14H20FNOS. The quantitative estimate of drug-likeness (QED) is 0.889. The van der Waals surface area contributed by atoms with E-state index in [1.54, 1.807) is 6.26 Å². The molecule has 0 bridgehead atoms. The first-order valence-corrected chi connectivity index (χ1v) is 7.99.